The molecule has 1 aromatic rings. The van der Waals surface area contributed by atoms with Gasteiger partial charge in [0.15, 0.2) is 0 Å². The first kappa shape index (κ1) is 17.1. The fourth-order valence-corrected chi connectivity index (χ4v) is 2.71. The second-order valence-corrected chi connectivity index (χ2v) is 6.01. The summed E-state index contributed by atoms with van der Waals surface area (Å²) in [6.45, 7) is 4.93. The Labute approximate surface area is 136 Å². The van der Waals surface area contributed by atoms with Crippen molar-refractivity contribution < 1.29 is 19.1 Å². The quantitative estimate of drug-likeness (QED) is 0.678. The van der Waals surface area contributed by atoms with Crippen molar-refractivity contribution in [3.8, 4) is 5.75 Å². The molecule has 0 spiro atoms. The molecule has 0 atom stereocenters. The maximum Gasteiger partial charge on any atom is 0.308 e. The third-order valence-electron chi connectivity index (χ3n) is 3.94. The van der Waals surface area contributed by atoms with Gasteiger partial charge in [0.05, 0.1) is 24.8 Å². The summed E-state index contributed by atoms with van der Waals surface area (Å²) in [7, 11) is 1.39. The molecule has 126 valence electrons. The molecule has 2 N–H and O–H groups in total. The molecule has 1 heterocycles. The van der Waals surface area contributed by atoms with Crippen molar-refractivity contribution in [1.29, 1.82) is 0 Å². The normalized spacial score (nSPS) is 15.6. The van der Waals surface area contributed by atoms with Crippen LogP contribution in [-0.2, 0) is 9.53 Å². The zero-order valence-corrected chi connectivity index (χ0v) is 13.9. The summed E-state index contributed by atoms with van der Waals surface area (Å²) in [5, 5.41) is 0. The van der Waals surface area contributed by atoms with Gasteiger partial charge >= 0.3 is 5.97 Å². The maximum atomic E-state index is 12.5. The fourth-order valence-electron chi connectivity index (χ4n) is 2.71. The van der Waals surface area contributed by atoms with Crippen molar-refractivity contribution in [1.82, 2.24) is 4.90 Å². The van der Waals surface area contributed by atoms with Crippen LogP contribution in [0.3, 0.4) is 0 Å². The third-order valence-corrected chi connectivity index (χ3v) is 3.94. The molecule has 2 rings (SSSR count). The fraction of sp³-hybridized carbons (Fsp3) is 0.529. The van der Waals surface area contributed by atoms with Crippen LogP contribution in [-0.4, -0.2) is 43.1 Å². The Kier molecular flexibility index (Phi) is 5.47. The summed E-state index contributed by atoms with van der Waals surface area (Å²) < 4.78 is 10.3. The number of hydrogen-bond donors (Lipinski definition) is 1. The van der Waals surface area contributed by atoms with Gasteiger partial charge in [0, 0.05) is 18.7 Å². The third kappa shape index (κ3) is 4.15. The smallest absolute Gasteiger partial charge is 0.308 e. The van der Waals surface area contributed by atoms with Crippen LogP contribution in [0.2, 0.25) is 0 Å². The lowest BCUT2D eigenvalue weighted by molar-refractivity contribution is -0.146. The molecule has 0 aromatic heterocycles. The van der Waals surface area contributed by atoms with Crippen LogP contribution in [0.1, 0.15) is 37.0 Å². The Morgan fingerprint density at radius 1 is 1.26 bits per heavy atom. The predicted molar refractivity (Wildman–Crippen MR) is 87.3 cm³/mol. The number of nitrogens with two attached hydrogens (primary N) is 1. The molecule has 6 heteroatoms. The van der Waals surface area contributed by atoms with Crippen LogP contribution in [0.15, 0.2) is 18.2 Å². The van der Waals surface area contributed by atoms with Crippen LogP contribution < -0.4 is 10.5 Å². The van der Waals surface area contributed by atoms with E-state index in [1.165, 1.54) is 7.11 Å². The Hall–Kier alpha value is -2.24. The molecule has 1 aromatic carbocycles. The van der Waals surface area contributed by atoms with Gasteiger partial charge in [0.1, 0.15) is 5.75 Å². The van der Waals surface area contributed by atoms with E-state index in [0.29, 0.717) is 42.9 Å². The number of piperidine rings is 1. The van der Waals surface area contributed by atoms with Crippen LogP contribution >= 0.6 is 0 Å². The number of nitrogens with zero attached hydrogens (tertiary/aromatic N) is 1. The van der Waals surface area contributed by atoms with E-state index < -0.39 is 0 Å². The Balaban J connectivity index is 2.01. The minimum Gasteiger partial charge on any atom is -0.489 e. The number of hydrogen-bond acceptors (Lipinski definition) is 5. The molecule has 0 unspecified atom stereocenters. The summed E-state index contributed by atoms with van der Waals surface area (Å²) in [6.07, 6.45) is 1.28. The van der Waals surface area contributed by atoms with E-state index in [1.54, 1.807) is 23.1 Å². The molecule has 23 heavy (non-hydrogen) atoms. The van der Waals surface area contributed by atoms with E-state index in [4.69, 9.17) is 15.2 Å². The highest BCUT2D eigenvalue weighted by atomic mass is 16.5. The predicted octanol–water partition coefficient (Wildman–Crippen LogP) is 2.08. The van der Waals surface area contributed by atoms with E-state index >= 15 is 0 Å². The van der Waals surface area contributed by atoms with Gasteiger partial charge in [-0.3, -0.25) is 9.59 Å². The minimum absolute atomic E-state index is 0.0243. The number of rotatable bonds is 4. The number of carbonyl (C=O) groups is 2. The van der Waals surface area contributed by atoms with Crippen LogP contribution in [0.5, 0.6) is 5.75 Å². The van der Waals surface area contributed by atoms with Gasteiger partial charge in [-0.05, 0) is 44.9 Å². The number of likely N-dealkylation sites (tertiary alicyclic amines) is 1. The minimum atomic E-state index is -0.198. The van der Waals surface area contributed by atoms with Gasteiger partial charge in [-0.1, -0.05) is 0 Å². The maximum absolute atomic E-state index is 12.5. The number of amides is 1. The highest BCUT2D eigenvalue weighted by Crippen LogP contribution is 2.26. The van der Waals surface area contributed by atoms with Gasteiger partial charge in [-0.2, -0.15) is 0 Å². The Morgan fingerprint density at radius 2 is 1.91 bits per heavy atom. The second kappa shape index (κ2) is 7.35. The number of ether oxygens (including phenoxy) is 2. The first-order valence-electron chi connectivity index (χ1n) is 7.85. The molecular formula is C17H24N2O4. The number of esters is 1. The van der Waals surface area contributed by atoms with Gasteiger partial charge in [0.25, 0.3) is 5.91 Å². The summed E-state index contributed by atoms with van der Waals surface area (Å²) in [5.41, 5.74) is 6.95. The highest BCUT2D eigenvalue weighted by molar-refractivity contribution is 5.95. The molecule has 1 saturated heterocycles. The zero-order chi connectivity index (χ0) is 17.0. The van der Waals surface area contributed by atoms with Crippen molar-refractivity contribution in [3.05, 3.63) is 23.8 Å². The SMILES string of the molecule is COC(=O)C1CCN(C(=O)c2ccc(OC(C)C)c(N)c2)CC1. The van der Waals surface area contributed by atoms with Gasteiger partial charge in [-0.15, -0.1) is 0 Å². The van der Waals surface area contributed by atoms with Gasteiger partial charge in [-0.25, -0.2) is 0 Å². The topological polar surface area (TPSA) is 81.9 Å². The summed E-state index contributed by atoms with van der Waals surface area (Å²) in [4.78, 5) is 25.8. The molecule has 1 aliphatic heterocycles. The molecule has 0 saturated carbocycles. The average Bonchev–Trinajstić information content (AvgIpc) is 2.55. The molecule has 1 amide bonds. The Morgan fingerprint density at radius 3 is 2.43 bits per heavy atom. The highest BCUT2D eigenvalue weighted by Gasteiger charge is 2.28. The molecule has 0 bridgehead atoms. The molecule has 0 radical (unpaired) electrons. The number of methoxy groups -OCH3 is 1. The first-order chi connectivity index (χ1) is 10.9. The monoisotopic (exact) mass is 320 g/mol. The molecule has 6 nitrogen and oxygen atoms in total. The lowest BCUT2D eigenvalue weighted by atomic mass is 9.96. The number of carbonyl (C=O) groups excluding carboxylic acids is 2. The van der Waals surface area contributed by atoms with Gasteiger partial charge in [0.2, 0.25) is 0 Å². The van der Waals surface area contributed by atoms with Crippen molar-refractivity contribution in [2.75, 3.05) is 25.9 Å². The lowest BCUT2D eigenvalue weighted by Crippen LogP contribution is -2.40. The largest absolute Gasteiger partial charge is 0.489 e. The van der Waals surface area contributed by atoms with E-state index in [9.17, 15) is 9.59 Å². The van der Waals surface area contributed by atoms with Crippen LogP contribution in [0.25, 0.3) is 0 Å². The molecule has 0 aliphatic carbocycles. The van der Waals surface area contributed by atoms with E-state index in [2.05, 4.69) is 0 Å². The number of anilines is 1. The molecule has 1 aliphatic rings. The summed E-state index contributed by atoms with van der Waals surface area (Å²) in [6, 6.07) is 5.10. The van der Waals surface area contributed by atoms with E-state index in [-0.39, 0.29) is 23.9 Å². The lowest BCUT2D eigenvalue weighted by Gasteiger charge is -2.30. The van der Waals surface area contributed by atoms with E-state index in [1.807, 2.05) is 13.8 Å². The second-order valence-electron chi connectivity index (χ2n) is 6.01. The van der Waals surface area contributed by atoms with Crippen molar-refractivity contribution >= 4 is 17.6 Å². The number of nitrogen functional groups attached to an aromatic ring is 1. The van der Waals surface area contributed by atoms with Crippen LogP contribution in [0, 0.1) is 5.92 Å². The molecule has 1 fully saturated rings. The molecular weight excluding hydrogens is 296 g/mol. The zero-order valence-electron chi connectivity index (χ0n) is 13.9. The van der Waals surface area contributed by atoms with Crippen molar-refractivity contribution in [2.45, 2.75) is 32.8 Å². The van der Waals surface area contributed by atoms with E-state index in [0.717, 1.165) is 0 Å². The van der Waals surface area contributed by atoms with Crippen molar-refractivity contribution in [3.63, 3.8) is 0 Å². The standard InChI is InChI=1S/C17H24N2O4/c1-11(2)23-15-5-4-13(10-14(15)18)16(20)19-8-6-12(7-9-19)17(21)22-3/h4-5,10-12H,6-9,18H2,1-3H3. The summed E-state index contributed by atoms with van der Waals surface area (Å²) >= 11 is 0. The van der Waals surface area contributed by atoms with Crippen molar-refractivity contribution in [2.24, 2.45) is 5.92 Å². The van der Waals surface area contributed by atoms with Gasteiger partial charge < -0.3 is 20.1 Å². The first-order valence-corrected chi connectivity index (χ1v) is 7.85. The Bertz CT molecular complexity index is 578. The van der Waals surface area contributed by atoms with Crippen LogP contribution in [0.4, 0.5) is 5.69 Å². The summed E-state index contributed by atoms with van der Waals surface area (Å²) in [5.74, 6) is 0.199. The number of benzene rings is 1. The average molecular weight is 320 g/mol.